The molecule has 2 fully saturated rings. The molecule has 0 radical (unpaired) electrons. The van der Waals surface area contributed by atoms with Crippen LogP contribution in [0.25, 0.3) is 22.4 Å². The zero-order valence-corrected chi connectivity index (χ0v) is 29.9. The lowest BCUT2D eigenvalue weighted by Gasteiger charge is -2.39. The summed E-state index contributed by atoms with van der Waals surface area (Å²) in [5, 5.41) is 15.4. The van der Waals surface area contributed by atoms with E-state index < -0.39 is 23.1 Å². The third-order valence-corrected chi connectivity index (χ3v) is 11.2. The number of hydrogen-bond donors (Lipinski definition) is 2. The van der Waals surface area contributed by atoms with Crippen molar-refractivity contribution in [1.29, 1.82) is 0 Å². The van der Waals surface area contributed by atoms with E-state index in [1.165, 1.54) is 24.3 Å². The Balaban J connectivity index is 1.28. The van der Waals surface area contributed by atoms with Crippen LogP contribution in [0.1, 0.15) is 67.8 Å². The highest BCUT2D eigenvalue weighted by atomic mass is 19.1. The van der Waals surface area contributed by atoms with Crippen LogP contribution in [-0.4, -0.2) is 69.9 Å². The number of alkyl halides is 1. The monoisotopic (exact) mass is 721 g/mol. The van der Waals surface area contributed by atoms with E-state index in [2.05, 4.69) is 17.8 Å². The minimum atomic E-state index is -1.12. The van der Waals surface area contributed by atoms with Crippen LogP contribution in [0.2, 0.25) is 0 Å². The smallest absolute Gasteiger partial charge is 0.319 e. The number of carbonyl (C=O) groups excluding carboxylic acids is 1. The van der Waals surface area contributed by atoms with Gasteiger partial charge in [-0.1, -0.05) is 31.4 Å². The number of aromatic hydroxyl groups is 1. The molecule has 4 aromatic rings. The fourth-order valence-corrected chi connectivity index (χ4v) is 8.33. The van der Waals surface area contributed by atoms with Gasteiger partial charge in [-0.2, -0.15) is 9.97 Å². The fourth-order valence-electron chi connectivity index (χ4n) is 8.33. The molecule has 3 aliphatic rings. The molecule has 11 heteroatoms. The number of rotatable bonds is 10. The minimum absolute atomic E-state index is 0.0181. The molecule has 7 rings (SSSR count). The van der Waals surface area contributed by atoms with Gasteiger partial charge in [0, 0.05) is 43.2 Å². The molecule has 2 atom stereocenters. The molecule has 2 N–H and O–H groups in total. The predicted molar refractivity (Wildman–Crippen MR) is 202 cm³/mol. The number of hydrogen-bond acceptors (Lipinski definition) is 7. The normalized spacial score (nSPS) is 20.4. The van der Waals surface area contributed by atoms with Gasteiger partial charge in [-0.05, 0) is 104 Å². The van der Waals surface area contributed by atoms with E-state index in [1.54, 1.807) is 42.3 Å². The Hall–Kier alpha value is -5.50. The van der Waals surface area contributed by atoms with Crippen molar-refractivity contribution in [2.75, 3.05) is 37.0 Å². The molecule has 0 spiro atoms. The summed E-state index contributed by atoms with van der Waals surface area (Å²) < 4.78 is 50.1. The van der Waals surface area contributed by atoms with Gasteiger partial charge in [0.05, 0.1) is 22.3 Å². The van der Waals surface area contributed by atoms with Crippen LogP contribution in [0.3, 0.4) is 0 Å². The number of amides is 1. The van der Waals surface area contributed by atoms with E-state index in [4.69, 9.17) is 21.1 Å². The molecule has 53 heavy (non-hydrogen) atoms. The number of allylic oxidation sites excluding steroid dienone is 1. The summed E-state index contributed by atoms with van der Waals surface area (Å²) in [4.78, 5) is 26.1. The lowest BCUT2D eigenvalue weighted by atomic mass is 9.87. The number of halogens is 3. The highest BCUT2D eigenvalue weighted by molar-refractivity contribution is 6.02. The van der Waals surface area contributed by atoms with E-state index in [0.29, 0.717) is 52.9 Å². The Labute approximate surface area is 307 Å². The first-order valence-electron chi connectivity index (χ1n) is 17.9. The first-order valence-corrected chi connectivity index (χ1v) is 17.9. The summed E-state index contributed by atoms with van der Waals surface area (Å²) in [7, 11) is 1.80. The van der Waals surface area contributed by atoms with E-state index in [1.807, 2.05) is 17.9 Å². The maximum atomic E-state index is 15.0. The number of fused-ring (bicyclic) bond motifs is 2. The van der Waals surface area contributed by atoms with Crippen LogP contribution in [0.4, 0.5) is 24.7 Å². The van der Waals surface area contributed by atoms with Crippen LogP contribution in [0.15, 0.2) is 61.2 Å². The van der Waals surface area contributed by atoms with Gasteiger partial charge in [0.15, 0.2) is 0 Å². The van der Waals surface area contributed by atoms with Gasteiger partial charge in [0.1, 0.15) is 36.0 Å². The molecule has 2 aliphatic carbocycles. The number of phenols is 1. The molecular weight excluding hydrogens is 679 g/mol. The van der Waals surface area contributed by atoms with Crippen molar-refractivity contribution in [2.24, 2.45) is 0 Å². The van der Waals surface area contributed by atoms with Crippen LogP contribution in [0.5, 0.6) is 11.8 Å². The predicted octanol–water partition coefficient (Wildman–Crippen LogP) is 7.84. The molecule has 1 saturated heterocycles. The molecule has 2 heterocycles. The Morgan fingerprint density at radius 3 is 2.64 bits per heavy atom. The first-order chi connectivity index (χ1) is 25.4. The van der Waals surface area contributed by atoms with Crippen molar-refractivity contribution in [1.82, 2.24) is 14.9 Å². The molecule has 8 nitrogen and oxygen atoms in total. The SMILES string of the molecule is C#Cc1c(F)ccc2cc(O)cc(C3=Cc4nc(OC[C@]5(C)C[C@@H](F)CN5c5ccc(F)cc5)nc(NCC5(N(C)C(=O)C=C)CCCC5)c4CC3)c12. The van der Waals surface area contributed by atoms with Gasteiger partial charge in [-0.25, -0.2) is 13.2 Å². The van der Waals surface area contributed by atoms with Crippen molar-refractivity contribution < 1.29 is 27.8 Å². The topological polar surface area (TPSA) is 90.8 Å². The fraction of sp³-hybridized carbons (Fsp3) is 0.357. The second-order valence-corrected chi connectivity index (χ2v) is 14.6. The number of likely N-dealkylation sites (N-methyl/N-ethyl adjacent to an activating group) is 1. The molecule has 274 valence electrons. The molecule has 1 saturated carbocycles. The lowest BCUT2D eigenvalue weighted by molar-refractivity contribution is -0.129. The van der Waals surface area contributed by atoms with Crippen molar-refractivity contribution in [3.05, 3.63) is 95.2 Å². The number of ether oxygens (including phenoxy) is 1. The summed E-state index contributed by atoms with van der Waals surface area (Å²) in [6.45, 7) is 6.20. The Bertz CT molecular complexity index is 2160. The molecule has 1 amide bonds. The number of anilines is 2. The van der Waals surface area contributed by atoms with Gasteiger partial charge >= 0.3 is 6.01 Å². The largest absolute Gasteiger partial charge is 0.508 e. The summed E-state index contributed by atoms with van der Waals surface area (Å²) >= 11 is 0. The van der Waals surface area contributed by atoms with Gasteiger partial charge < -0.3 is 25.0 Å². The lowest BCUT2D eigenvalue weighted by Crippen LogP contribution is -2.51. The van der Waals surface area contributed by atoms with Crippen LogP contribution < -0.4 is 15.0 Å². The minimum Gasteiger partial charge on any atom is -0.508 e. The first kappa shape index (κ1) is 35.9. The number of nitrogens with zero attached hydrogens (tertiary/aromatic N) is 4. The average Bonchev–Trinajstić information content (AvgIpc) is 3.76. The number of carbonyl (C=O) groups is 1. The van der Waals surface area contributed by atoms with E-state index >= 15 is 0 Å². The number of phenolic OH excluding ortho intramolecular Hbond substituents is 1. The van der Waals surface area contributed by atoms with Crippen LogP contribution >= 0.6 is 0 Å². The number of benzene rings is 3. The summed E-state index contributed by atoms with van der Waals surface area (Å²) in [6, 6.07) is 12.1. The molecule has 1 aromatic heterocycles. The molecule has 0 bridgehead atoms. The van der Waals surface area contributed by atoms with E-state index in [0.717, 1.165) is 36.8 Å². The molecule has 3 aromatic carbocycles. The van der Waals surface area contributed by atoms with Gasteiger partial charge in [0.25, 0.3) is 0 Å². The Morgan fingerprint density at radius 2 is 1.92 bits per heavy atom. The van der Waals surface area contributed by atoms with Gasteiger partial charge in [-0.3, -0.25) is 4.79 Å². The second-order valence-electron chi connectivity index (χ2n) is 14.6. The summed E-state index contributed by atoms with van der Waals surface area (Å²) in [5.74, 6) is 2.00. The molecular formula is C42H42F3N5O3. The third kappa shape index (κ3) is 6.78. The summed E-state index contributed by atoms with van der Waals surface area (Å²) in [5.41, 5.74) is 2.36. The highest BCUT2D eigenvalue weighted by Crippen LogP contribution is 2.41. The van der Waals surface area contributed by atoms with Gasteiger partial charge in [-0.15, -0.1) is 6.42 Å². The third-order valence-electron chi connectivity index (χ3n) is 11.2. The Kier molecular flexibility index (Phi) is 9.58. The number of aromatic nitrogens is 2. The van der Waals surface area contributed by atoms with E-state index in [-0.39, 0.29) is 48.6 Å². The second kappa shape index (κ2) is 14.1. The zero-order valence-electron chi connectivity index (χ0n) is 29.9. The van der Waals surface area contributed by atoms with Crippen molar-refractivity contribution >= 4 is 39.8 Å². The van der Waals surface area contributed by atoms with Gasteiger partial charge in [0.2, 0.25) is 5.91 Å². The standard InChI is InChI=1S/C42H42F3N5O3/c1-5-32-35(45)16-10-27-19-31(51)21-34(38(27)32)26-9-15-33-36(20-26)47-40(48-39(33)46-24-42(17-7-8-18-42)49(4)37(52)6-2)53-25-41(3)22-29(44)23-50(41)30-13-11-28(43)12-14-30/h1,6,10-14,16,19-21,29,51H,2,7-9,15,17-18,22-25H2,3-4H3,(H,46,47,48)/t29-,41+/m1/s1. The number of nitrogens with one attached hydrogen (secondary N) is 1. The zero-order chi connectivity index (χ0) is 37.5. The molecule has 1 aliphatic heterocycles. The Morgan fingerprint density at radius 1 is 1.17 bits per heavy atom. The van der Waals surface area contributed by atoms with Crippen LogP contribution in [-0.2, 0) is 11.2 Å². The molecule has 0 unspecified atom stereocenters. The highest BCUT2D eigenvalue weighted by Gasteiger charge is 2.44. The van der Waals surface area contributed by atoms with Crippen LogP contribution in [0, 0.1) is 24.0 Å². The quantitative estimate of drug-likeness (QED) is 0.127. The maximum absolute atomic E-state index is 15.0. The van der Waals surface area contributed by atoms with Crippen molar-refractivity contribution in [3.63, 3.8) is 0 Å². The van der Waals surface area contributed by atoms with Crippen molar-refractivity contribution in [2.45, 2.75) is 69.1 Å². The summed E-state index contributed by atoms with van der Waals surface area (Å²) in [6.07, 6.45) is 12.7. The number of terminal acetylenes is 1. The van der Waals surface area contributed by atoms with Crippen molar-refractivity contribution in [3.8, 4) is 24.1 Å². The van der Waals surface area contributed by atoms with E-state index in [9.17, 15) is 23.1 Å². The average molecular weight is 722 g/mol. The maximum Gasteiger partial charge on any atom is 0.319 e.